The number of hydrogen-bond donors (Lipinski definition) is 1. The zero-order chi connectivity index (χ0) is 19.2. The lowest BCUT2D eigenvalue weighted by atomic mass is 9.92. The summed E-state index contributed by atoms with van der Waals surface area (Å²) >= 11 is 3.49. The molecule has 140 valence electrons. The van der Waals surface area contributed by atoms with Gasteiger partial charge in [-0.25, -0.2) is 0 Å². The van der Waals surface area contributed by atoms with E-state index in [4.69, 9.17) is 4.74 Å². The van der Waals surface area contributed by atoms with Gasteiger partial charge in [-0.3, -0.25) is 0 Å². The second-order valence-electron chi connectivity index (χ2n) is 6.72. The van der Waals surface area contributed by atoms with Crippen LogP contribution in [0.25, 0.3) is 11.6 Å². The van der Waals surface area contributed by atoms with E-state index >= 15 is 0 Å². The van der Waals surface area contributed by atoms with Crippen molar-refractivity contribution < 1.29 is 9.84 Å². The topological polar surface area (TPSA) is 29.5 Å². The number of ether oxygens (including phenoxy) is 1. The number of aromatic hydroxyl groups is 1. The predicted molar refractivity (Wildman–Crippen MR) is 117 cm³/mol. The van der Waals surface area contributed by atoms with Crippen LogP contribution in [0.3, 0.4) is 0 Å². The van der Waals surface area contributed by atoms with Crippen molar-refractivity contribution in [3.05, 3.63) is 87.9 Å². The molecule has 0 aromatic heterocycles. The molecule has 1 aliphatic rings. The highest BCUT2D eigenvalue weighted by Crippen LogP contribution is 2.32. The minimum atomic E-state index is 0.0978. The lowest BCUT2D eigenvalue weighted by Gasteiger charge is -2.17. The van der Waals surface area contributed by atoms with Gasteiger partial charge in [-0.15, -0.1) is 0 Å². The fourth-order valence-corrected chi connectivity index (χ4v) is 3.74. The predicted octanol–water partition coefficient (Wildman–Crippen LogP) is 6.77. The van der Waals surface area contributed by atoms with Crippen molar-refractivity contribution in [3.8, 4) is 5.75 Å². The van der Waals surface area contributed by atoms with Gasteiger partial charge in [-0.2, -0.15) is 0 Å². The Hall–Kier alpha value is -2.10. The zero-order valence-corrected chi connectivity index (χ0v) is 17.2. The SMILES string of the molecule is C=C(CC)C1=CCOC1CC/C(=C/c1cc(Br)ccc1O)c1ccccc1. The van der Waals surface area contributed by atoms with Crippen LogP contribution in [0, 0.1) is 0 Å². The molecule has 1 N–H and O–H groups in total. The molecule has 2 aromatic rings. The molecule has 2 nitrogen and oxygen atoms in total. The molecule has 0 radical (unpaired) electrons. The Balaban J connectivity index is 1.86. The summed E-state index contributed by atoms with van der Waals surface area (Å²) in [5.41, 5.74) is 5.56. The van der Waals surface area contributed by atoms with Crippen LogP contribution in [0.1, 0.15) is 37.3 Å². The zero-order valence-electron chi connectivity index (χ0n) is 15.6. The highest BCUT2D eigenvalue weighted by Gasteiger charge is 2.21. The Labute approximate surface area is 170 Å². The van der Waals surface area contributed by atoms with Crippen molar-refractivity contribution in [2.24, 2.45) is 0 Å². The molecule has 0 spiro atoms. The summed E-state index contributed by atoms with van der Waals surface area (Å²) in [7, 11) is 0. The van der Waals surface area contributed by atoms with E-state index in [0.717, 1.165) is 40.4 Å². The molecule has 27 heavy (non-hydrogen) atoms. The van der Waals surface area contributed by atoms with Gasteiger partial charge in [0.1, 0.15) is 5.75 Å². The monoisotopic (exact) mass is 424 g/mol. The molecule has 0 fully saturated rings. The van der Waals surface area contributed by atoms with Crippen LogP contribution >= 0.6 is 15.9 Å². The van der Waals surface area contributed by atoms with Crippen LogP contribution in [-0.2, 0) is 4.74 Å². The van der Waals surface area contributed by atoms with Crippen molar-refractivity contribution >= 4 is 27.6 Å². The van der Waals surface area contributed by atoms with Crippen LogP contribution < -0.4 is 0 Å². The molecular formula is C24H25BrO2. The minimum absolute atomic E-state index is 0.0978. The van der Waals surface area contributed by atoms with Crippen molar-refractivity contribution in [2.75, 3.05) is 6.61 Å². The Bertz CT molecular complexity index is 865. The van der Waals surface area contributed by atoms with Gasteiger partial charge in [0, 0.05) is 10.0 Å². The number of benzene rings is 2. The normalized spacial score (nSPS) is 17.0. The van der Waals surface area contributed by atoms with Crippen LogP contribution in [0.4, 0.5) is 0 Å². The van der Waals surface area contributed by atoms with E-state index in [0.29, 0.717) is 6.61 Å². The van der Waals surface area contributed by atoms with E-state index in [1.165, 1.54) is 11.1 Å². The van der Waals surface area contributed by atoms with Gasteiger partial charge in [-0.1, -0.05) is 65.8 Å². The summed E-state index contributed by atoms with van der Waals surface area (Å²) < 4.78 is 6.88. The van der Waals surface area contributed by atoms with Crippen molar-refractivity contribution in [2.45, 2.75) is 32.3 Å². The van der Waals surface area contributed by atoms with Crippen molar-refractivity contribution in [1.29, 1.82) is 0 Å². The van der Waals surface area contributed by atoms with E-state index in [1.807, 2.05) is 30.3 Å². The second kappa shape index (κ2) is 9.20. The third-order valence-electron chi connectivity index (χ3n) is 4.92. The fourth-order valence-electron chi connectivity index (χ4n) is 3.36. The van der Waals surface area contributed by atoms with Crippen molar-refractivity contribution in [1.82, 2.24) is 0 Å². The van der Waals surface area contributed by atoms with Gasteiger partial charge in [0.2, 0.25) is 0 Å². The Morgan fingerprint density at radius 1 is 1.26 bits per heavy atom. The first-order chi connectivity index (χ1) is 13.1. The van der Waals surface area contributed by atoms with Crippen LogP contribution in [0.2, 0.25) is 0 Å². The summed E-state index contributed by atoms with van der Waals surface area (Å²) in [6, 6.07) is 15.8. The molecular weight excluding hydrogens is 400 g/mol. The summed E-state index contributed by atoms with van der Waals surface area (Å²) in [4.78, 5) is 0. The smallest absolute Gasteiger partial charge is 0.122 e. The van der Waals surface area contributed by atoms with Crippen LogP contribution in [-0.4, -0.2) is 17.8 Å². The summed E-state index contributed by atoms with van der Waals surface area (Å²) in [5.74, 6) is 0.281. The molecule has 1 atom stereocenters. The number of halogens is 1. The molecule has 3 rings (SSSR count). The number of hydrogen-bond acceptors (Lipinski definition) is 2. The standard InChI is InChI=1S/C24H25BrO2/c1-3-17(2)22-13-14-27-24(22)12-9-19(18-7-5-4-6-8-18)15-20-16-21(25)10-11-23(20)26/h4-8,10-11,13,15-16,24,26H,2-3,9,12,14H2,1H3/b19-15-. The average molecular weight is 425 g/mol. The van der Waals surface area contributed by atoms with Crippen LogP contribution in [0.15, 0.2) is 76.8 Å². The van der Waals surface area contributed by atoms with Gasteiger partial charge >= 0.3 is 0 Å². The van der Waals surface area contributed by atoms with Gasteiger partial charge in [0.15, 0.2) is 0 Å². The molecule has 2 aromatic carbocycles. The molecule has 3 heteroatoms. The number of phenols is 1. The lowest BCUT2D eigenvalue weighted by Crippen LogP contribution is -2.11. The van der Waals surface area contributed by atoms with Gasteiger partial charge < -0.3 is 9.84 Å². The third kappa shape index (κ3) is 5.00. The number of allylic oxidation sites excluding steroid dienone is 1. The first-order valence-electron chi connectivity index (χ1n) is 9.32. The molecule has 0 bridgehead atoms. The van der Waals surface area contributed by atoms with Gasteiger partial charge in [0.05, 0.1) is 12.7 Å². The molecule has 0 aliphatic carbocycles. The summed E-state index contributed by atoms with van der Waals surface area (Å²) in [5, 5.41) is 10.2. The largest absolute Gasteiger partial charge is 0.507 e. The number of rotatable bonds is 7. The molecule has 0 amide bonds. The maximum absolute atomic E-state index is 10.2. The second-order valence-corrected chi connectivity index (χ2v) is 7.63. The molecule has 1 unspecified atom stereocenters. The van der Waals surface area contributed by atoms with Crippen LogP contribution in [0.5, 0.6) is 5.75 Å². The van der Waals surface area contributed by atoms with E-state index < -0.39 is 0 Å². The first kappa shape index (κ1) is 19.7. The maximum Gasteiger partial charge on any atom is 0.122 e. The van der Waals surface area contributed by atoms with Gasteiger partial charge in [-0.05, 0) is 65.8 Å². The minimum Gasteiger partial charge on any atom is -0.507 e. The Morgan fingerprint density at radius 3 is 2.78 bits per heavy atom. The molecule has 1 aliphatic heterocycles. The Morgan fingerprint density at radius 2 is 2.04 bits per heavy atom. The lowest BCUT2D eigenvalue weighted by molar-refractivity contribution is 0.117. The third-order valence-corrected chi connectivity index (χ3v) is 5.42. The van der Waals surface area contributed by atoms with Gasteiger partial charge in [0.25, 0.3) is 0 Å². The molecule has 0 saturated heterocycles. The average Bonchev–Trinajstić information content (AvgIpc) is 3.16. The summed E-state index contributed by atoms with van der Waals surface area (Å²) in [6.07, 6.45) is 7.01. The summed E-state index contributed by atoms with van der Waals surface area (Å²) in [6.45, 7) is 6.97. The van der Waals surface area contributed by atoms with E-state index in [9.17, 15) is 5.11 Å². The number of phenolic OH excluding ortho intramolecular Hbond substituents is 1. The van der Waals surface area contributed by atoms with E-state index in [1.54, 1.807) is 6.07 Å². The first-order valence-corrected chi connectivity index (χ1v) is 10.1. The molecule has 0 saturated carbocycles. The van der Waals surface area contributed by atoms with E-state index in [-0.39, 0.29) is 11.9 Å². The highest BCUT2D eigenvalue weighted by molar-refractivity contribution is 9.10. The maximum atomic E-state index is 10.2. The Kier molecular flexibility index (Phi) is 6.70. The molecule has 1 heterocycles. The fraction of sp³-hybridized carbons (Fsp3) is 0.250. The quantitative estimate of drug-likeness (QED) is 0.496. The van der Waals surface area contributed by atoms with Crippen molar-refractivity contribution in [3.63, 3.8) is 0 Å². The van der Waals surface area contributed by atoms with E-state index in [2.05, 4.69) is 53.7 Å². The highest BCUT2D eigenvalue weighted by atomic mass is 79.9.